The van der Waals surface area contributed by atoms with Crippen molar-refractivity contribution in [3.63, 3.8) is 0 Å². The van der Waals surface area contributed by atoms with E-state index in [-0.39, 0.29) is 17.9 Å². The summed E-state index contributed by atoms with van der Waals surface area (Å²) in [4.78, 5) is 24.6. The van der Waals surface area contributed by atoms with Crippen LogP contribution in [0.5, 0.6) is 0 Å². The van der Waals surface area contributed by atoms with Crippen molar-refractivity contribution in [2.75, 3.05) is 32.8 Å². The summed E-state index contributed by atoms with van der Waals surface area (Å²) in [6.07, 6.45) is 3.21. The number of carbonyl (C=O) groups excluding carboxylic acids is 1. The number of likely N-dealkylation sites (tertiary alicyclic amines) is 1. The number of ether oxygens (including phenoxy) is 1. The molecule has 0 aromatic rings. The first-order valence-corrected chi connectivity index (χ1v) is 6.98. The van der Waals surface area contributed by atoms with Crippen molar-refractivity contribution in [1.29, 1.82) is 0 Å². The Bertz CT molecular complexity index is 321. The molecule has 1 amide bonds. The van der Waals surface area contributed by atoms with Gasteiger partial charge in [-0.3, -0.25) is 9.59 Å². The zero-order chi connectivity index (χ0) is 13.7. The number of aliphatic carboxylic acids is 1. The van der Waals surface area contributed by atoms with Crippen LogP contribution in [-0.2, 0) is 14.3 Å². The lowest BCUT2D eigenvalue weighted by Crippen LogP contribution is -2.47. The number of nitrogens with one attached hydrogen (secondary N) is 1. The highest BCUT2D eigenvalue weighted by atomic mass is 16.5. The van der Waals surface area contributed by atoms with Crippen LogP contribution in [-0.4, -0.2) is 60.8 Å². The van der Waals surface area contributed by atoms with Crippen LogP contribution >= 0.6 is 0 Å². The van der Waals surface area contributed by atoms with Crippen molar-refractivity contribution in [3.8, 4) is 0 Å². The molecule has 0 spiro atoms. The molecule has 0 aromatic carbocycles. The molecule has 2 aliphatic rings. The molecule has 0 saturated carbocycles. The van der Waals surface area contributed by atoms with Crippen molar-refractivity contribution in [3.05, 3.63) is 0 Å². The Labute approximate surface area is 113 Å². The number of carbonyl (C=O) groups is 2. The van der Waals surface area contributed by atoms with Gasteiger partial charge in [-0.2, -0.15) is 0 Å². The molecule has 0 aliphatic carbocycles. The molecule has 2 rings (SSSR count). The summed E-state index contributed by atoms with van der Waals surface area (Å²) in [6, 6.07) is 0.272. The van der Waals surface area contributed by atoms with E-state index in [9.17, 15) is 9.59 Å². The van der Waals surface area contributed by atoms with Crippen LogP contribution in [0.15, 0.2) is 0 Å². The molecule has 1 unspecified atom stereocenters. The van der Waals surface area contributed by atoms with E-state index in [1.165, 1.54) is 0 Å². The minimum atomic E-state index is -0.746. The maximum absolute atomic E-state index is 12.0. The fraction of sp³-hybridized carbons (Fsp3) is 0.846. The normalized spacial score (nSPS) is 25.3. The monoisotopic (exact) mass is 270 g/mol. The van der Waals surface area contributed by atoms with Gasteiger partial charge >= 0.3 is 5.97 Å². The Balaban J connectivity index is 1.67. The van der Waals surface area contributed by atoms with Crippen molar-refractivity contribution < 1.29 is 19.4 Å². The van der Waals surface area contributed by atoms with Crippen molar-refractivity contribution in [1.82, 2.24) is 10.2 Å². The van der Waals surface area contributed by atoms with Gasteiger partial charge in [-0.15, -0.1) is 0 Å². The average molecular weight is 270 g/mol. The van der Waals surface area contributed by atoms with E-state index in [0.29, 0.717) is 39.1 Å². The van der Waals surface area contributed by atoms with E-state index in [2.05, 4.69) is 5.32 Å². The number of nitrogens with zero attached hydrogens (tertiary/aromatic N) is 1. The summed E-state index contributed by atoms with van der Waals surface area (Å²) in [6.45, 7) is 2.92. The number of piperidine rings is 1. The van der Waals surface area contributed by atoms with Gasteiger partial charge in [0.1, 0.15) is 0 Å². The van der Waals surface area contributed by atoms with E-state index in [4.69, 9.17) is 9.84 Å². The van der Waals surface area contributed by atoms with E-state index in [0.717, 1.165) is 19.4 Å². The van der Waals surface area contributed by atoms with Crippen LogP contribution in [0.4, 0.5) is 0 Å². The second kappa shape index (κ2) is 6.86. The van der Waals surface area contributed by atoms with Crippen molar-refractivity contribution in [2.45, 2.75) is 31.7 Å². The van der Waals surface area contributed by atoms with E-state index in [1.54, 1.807) is 4.90 Å². The molecule has 2 heterocycles. The van der Waals surface area contributed by atoms with Gasteiger partial charge in [0, 0.05) is 25.7 Å². The molecular formula is C13H22N2O4. The standard InChI is InChI=1S/C13H22N2O4/c16-12(8-14-11-2-1-7-19-9-11)15-5-3-10(4-6-15)13(17)18/h10-11,14H,1-9H2,(H,17,18). The third-order valence-electron chi connectivity index (χ3n) is 3.90. The summed E-state index contributed by atoms with van der Waals surface area (Å²) < 4.78 is 5.35. The summed E-state index contributed by atoms with van der Waals surface area (Å²) in [5.74, 6) is -0.970. The van der Waals surface area contributed by atoms with Gasteiger partial charge in [0.15, 0.2) is 0 Å². The van der Waals surface area contributed by atoms with Crippen LogP contribution in [0.3, 0.4) is 0 Å². The highest BCUT2D eigenvalue weighted by Gasteiger charge is 2.27. The maximum atomic E-state index is 12.0. The summed E-state index contributed by atoms with van der Waals surface area (Å²) >= 11 is 0. The average Bonchev–Trinajstić information content (AvgIpc) is 2.46. The first kappa shape index (κ1) is 14.3. The van der Waals surface area contributed by atoms with Gasteiger partial charge in [0.05, 0.1) is 19.1 Å². The number of hydrogen-bond acceptors (Lipinski definition) is 4. The summed E-state index contributed by atoms with van der Waals surface area (Å²) in [5.41, 5.74) is 0. The van der Waals surface area contributed by atoms with E-state index in [1.807, 2.05) is 0 Å². The summed E-state index contributed by atoms with van der Waals surface area (Å²) in [5, 5.41) is 12.1. The van der Waals surface area contributed by atoms with Gasteiger partial charge in [-0.05, 0) is 25.7 Å². The van der Waals surface area contributed by atoms with Gasteiger partial charge in [0.2, 0.25) is 5.91 Å². The Kier molecular flexibility index (Phi) is 5.15. The Morgan fingerprint density at radius 2 is 2.00 bits per heavy atom. The molecule has 1 atom stereocenters. The fourth-order valence-electron chi connectivity index (χ4n) is 2.62. The molecule has 6 nitrogen and oxygen atoms in total. The molecule has 2 saturated heterocycles. The van der Waals surface area contributed by atoms with E-state index >= 15 is 0 Å². The quantitative estimate of drug-likeness (QED) is 0.756. The molecular weight excluding hydrogens is 248 g/mol. The first-order chi connectivity index (χ1) is 9.16. The Hall–Kier alpha value is -1.14. The zero-order valence-electron chi connectivity index (χ0n) is 11.1. The lowest BCUT2D eigenvalue weighted by molar-refractivity contribution is -0.145. The third kappa shape index (κ3) is 4.18. The SMILES string of the molecule is O=C(O)C1CCN(C(=O)CNC2CCCOC2)CC1. The Morgan fingerprint density at radius 3 is 2.58 bits per heavy atom. The molecule has 2 aliphatic heterocycles. The van der Waals surface area contributed by atoms with Crippen LogP contribution in [0, 0.1) is 5.92 Å². The minimum Gasteiger partial charge on any atom is -0.481 e. The zero-order valence-corrected chi connectivity index (χ0v) is 11.1. The molecule has 19 heavy (non-hydrogen) atoms. The maximum Gasteiger partial charge on any atom is 0.306 e. The highest BCUT2D eigenvalue weighted by Crippen LogP contribution is 2.17. The van der Waals surface area contributed by atoms with Crippen molar-refractivity contribution in [2.24, 2.45) is 5.92 Å². The molecule has 108 valence electrons. The minimum absolute atomic E-state index is 0.0643. The van der Waals surface area contributed by atoms with E-state index < -0.39 is 5.97 Å². The topological polar surface area (TPSA) is 78.9 Å². The highest BCUT2D eigenvalue weighted by molar-refractivity contribution is 5.79. The molecule has 0 radical (unpaired) electrons. The molecule has 2 N–H and O–H groups in total. The molecule has 0 bridgehead atoms. The van der Waals surface area contributed by atoms with Gasteiger partial charge in [0.25, 0.3) is 0 Å². The predicted molar refractivity (Wildman–Crippen MR) is 68.8 cm³/mol. The number of carboxylic acids is 1. The molecule has 0 aromatic heterocycles. The summed E-state index contributed by atoms with van der Waals surface area (Å²) in [7, 11) is 0. The lowest BCUT2D eigenvalue weighted by Gasteiger charge is -2.31. The smallest absolute Gasteiger partial charge is 0.306 e. The van der Waals surface area contributed by atoms with Crippen LogP contribution < -0.4 is 5.32 Å². The number of rotatable bonds is 4. The van der Waals surface area contributed by atoms with Crippen LogP contribution in [0.1, 0.15) is 25.7 Å². The predicted octanol–water partition coefficient (Wildman–Crippen LogP) is 0.0782. The van der Waals surface area contributed by atoms with Gasteiger partial charge < -0.3 is 20.1 Å². The third-order valence-corrected chi connectivity index (χ3v) is 3.90. The first-order valence-electron chi connectivity index (χ1n) is 6.98. The number of amides is 1. The second-order valence-corrected chi connectivity index (χ2v) is 5.29. The molecule has 6 heteroatoms. The van der Waals surface area contributed by atoms with Crippen LogP contribution in [0.25, 0.3) is 0 Å². The van der Waals surface area contributed by atoms with Crippen LogP contribution in [0.2, 0.25) is 0 Å². The Morgan fingerprint density at radius 1 is 1.26 bits per heavy atom. The molecule has 2 fully saturated rings. The largest absolute Gasteiger partial charge is 0.481 e. The number of hydrogen-bond donors (Lipinski definition) is 2. The fourth-order valence-corrected chi connectivity index (χ4v) is 2.62. The number of carboxylic acid groups (broad SMARTS) is 1. The second-order valence-electron chi connectivity index (χ2n) is 5.29. The van der Waals surface area contributed by atoms with Crippen molar-refractivity contribution >= 4 is 11.9 Å². The van der Waals surface area contributed by atoms with Gasteiger partial charge in [-0.25, -0.2) is 0 Å². The lowest BCUT2D eigenvalue weighted by atomic mass is 9.97. The van der Waals surface area contributed by atoms with Gasteiger partial charge in [-0.1, -0.05) is 0 Å².